The molecule has 0 radical (unpaired) electrons. The highest BCUT2D eigenvalue weighted by Gasteiger charge is 2.04. The number of benzene rings is 1. The van der Waals surface area contributed by atoms with Gasteiger partial charge in [-0.2, -0.15) is 0 Å². The average Bonchev–Trinajstić information content (AvgIpc) is 2.27. The van der Waals surface area contributed by atoms with Gasteiger partial charge in [-0.15, -0.1) is 11.6 Å². The third-order valence-corrected chi connectivity index (χ3v) is 2.95. The van der Waals surface area contributed by atoms with Crippen LogP contribution in [0.2, 0.25) is 0 Å². The molecule has 0 unspecified atom stereocenters. The molecule has 1 aromatic carbocycles. The van der Waals surface area contributed by atoms with Crippen molar-refractivity contribution in [2.45, 2.75) is 19.3 Å². The molecule has 0 bridgehead atoms. The molecule has 0 spiro atoms. The maximum Gasteiger partial charge on any atom is 0.164 e. The first-order valence-corrected chi connectivity index (χ1v) is 6.67. The van der Waals surface area contributed by atoms with Gasteiger partial charge in [0.05, 0.1) is 0 Å². The van der Waals surface area contributed by atoms with Crippen molar-refractivity contribution >= 4 is 33.3 Å². The third-order valence-electron chi connectivity index (χ3n) is 2.20. The topological polar surface area (TPSA) is 17.1 Å². The second-order valence-electron chi connectivity index (χ2n) is 3.35. The Morgan fingerprint density at radius 3 is 2.47 bits per heavy atom. The lowest BCUT2D eigenvalue weighted by atomic mass is 10.0. The molecule has 0 saturated carbocycles. The van der Waals surface area contributed by atoms with Gasteiger partial charge < -0.3 is 0 Å². The van der Waals surface area contributed by atoms with Crippen LogP contribution in [0.1, 0.15) is 28.8 Å². The standard InChI is InChI=1S/C12H14BrClO/c13-8-1-2-10-3-5-11(6-4-10)12(15)7-9-14/h3-6H,1-2,7-9H2. The van der Waals surface area contributed by atoms with Crippen LogP contribution in [0.4, 0.5) is 0 Å². The molecule has 0 aliphatic rings. The number of carbonyl (C=O) groups excluding carboxylic acids is 1. The molecule has 1 nitrogen and oxygen atoms in total. The Bertz CT molecular complexity index is 308. The van der Waals surface area contributed by atoms with Gasteiger partial charge in [0.1, 0.15) is 0 Å². The zero-order chi connectivity index (χ0) is 11.1. The molecule has 0 amide bonds. The lowest BCUT2D eigenvalue weighted by Crippen LogP contribution is -1.99. The molecular weight excluding hydrogens is 275 g/mol. The highest BCUT2D eigenvalue weighted by Crippen LogP contribution is 2.09. The fraction of sp³-hybridized carbons (Fsp3) is 0.417. The maximum absolute atomic E-state index is 11.5. The molecule has 0 fully saturated rings. The quantitative estimate of drug-likeness (QED) is 0.575. The van der Waals surface area contributed by atoms with Crippen molar-refractivity contribution < 1.29 is 4.79 Å². The summed E-state index contributed by atoms with van der Waals surface area (Å²) in [6.07, 6.45) is 2.59. The van der Waals surface area contributed by atoms with Gasteiger partial charge in [0.2, 0.25) is 0 Å². The predicted octanol–water partition coefficient (Wildman–Crippen LogP) is 3.83. The summed E-state index contributed by atoms with van der Waals surface area (Å²) in [5.41, 5.74) is 2.04. The van der Waals surface area contributed by atoms with Gasteiger partial charge in [0, 0.05) is 23.2 Å². The van der Waals surface area contributed by atoms with Crippen LogP contribution in [0.5, 0.6) is 0 Å². The highest BCUT2D eigenvalue weighted by atomic mass is 79.9. The summed E-state index contributed by atoms with van der Waals surface area (Å²) in [5, 5.41) is 1.01. The molecular formula is C12H14BrClO. The number of halogens is 2. The van der Waals surface area contributed by atoms with E-state index in [9.17, 15) is 4.79 Å². The summed E-state index contributed by atoms with van der Waals surface area (Å²) in [7, 11) is 0. The van der Waals surface area contributed by atoms with Gasteiger partial charge in [0.15, 0.2) is 5.78 Å². The van der Waals surface area contributed by atoms with E-state index in [4.69, 9.17) is 11.6 Å². The minimum absolute atomic E-state index is 0.122. The van der Waals surface area contributed by atoms with Gasteiger partial charge in [-0.05, 0) is 18.4 Å². The largest absolute Gasteiger partial charge is 0.294 e. The lowest BCUT2D eigenvalue weighted by molar-refractivity contribution is 0.0989. The van der Waals surface area contributed by atoms with Crippen molar-refractivity contribution in [1.82, 2.24) is 0 Å². The predicted molar refractivity (Wildman–Crippen MR) is 68.2 cm³/mol. The van der Waals surface area contributed by atoms with Crippen LogP contribution >= 0.6 is 27.5 Å². The molecule has 3 heteroatoms. The summed E-state index contributed by atoms with van der Waals surface area (Å²) in [6.45, 7) is 0. The van der Waals surface area contributed by atoms with Gasteiger partial charge in [-0.3, -0.25) is 4.79 Å². The Balaban J connectivity index is 2.59. The van der Waals surface area contributed by atoms with E-state index in [1.165, 1.54) is 5.56 Å². The van der Waals surface area contributed by atoms with Crippen LogP contribution in [0, 0.1) is 0 Å². The average molecular weight is 290 g/mol. The monoisotopic (exact) mass is 288 g/mol. The Hall–Kier alpha value is -0.340. The van der Waals surface area contributed by atoms with Gasteiger partial charge >= 0.3 is 0 Å². The van der Waals surface area contributed by atoms with Gasteiger partial charge in [0.25, 0.3) is 0 Å². The molecule has 0 atom stereocenters. The van der Waals surface area contributed by atoms with Crippen LogP contribution in [-0.4, -0.2) is 17.0 Å². The van der Waals surface area contributed by atoms with Crippen LogP contribution in [-0.2, 0) is 6.42 Å². The molecule has 0 saturated heterocycles. The van der Waals surface area contributed by atoms with E-state index in [-0.39, 0.29) is 5.78 Å². The Labute approximate surface area is 104 Å². The molecule has 0 aromatic heterocycles. The van der Waals surface area contributed by atoms with Crippen LogP contribution in [0.3, 0.4) is 0 Å². The molecule has 0 heterocycles. The van der Waals surface area contributed by atoms with Crippen LogP contribution in [0.25, 0.3) is 0 Å². The van der Waals surface area contributed by atoms with E-state index in [0.29, 0.717) is 12.3 Å². The zero-order valence-electron chi connectivity index (χ0n) is 8.51. The van der Waals surface area contributed by atoms with Crippen molar-refractivity contribution in [3.8, 4) is 0 Å². The number of aryl methyl sites for hydroxylation is 1. The van der Waals surface area contributed by atoms with E-state index in [1.807, 2.05) is 24.3 Å². The second-order valence-corrected chi connectivity index (χ2v) is 4.52. The Morgan fingerprint density at radius 2 is 1.93 bits per heavy atom. The maximum atomic E-state index is 11.5. The Kier molecular flexibility index (Phi) is 5.96. The zero-order valence-corrected chi connectivity index (χ0v) is 10.9. The van der Waals surface area contributed by atoms with Crippen molar-refractivity contribution in [3.63, 3.8) is 0 Å². The number of hydrogen-bond donors (Lipinski definition) is 0. The van der Waals surface area contributed by atoms with Crippen LogP contribution < -0.4 is 0 Å². The normalized spacial score (nSPS) is 10.3. The number of Topliss-reactive ketones (excluding diaryl/α,β-unsaturated/α-hetero) is 1. The van der Waals surface area contributed by atoms with E-state index in [1.54, 1.807) is 0 Å². The molecule has 1 rings (SSSR count). The summed E-state index contributed by atoms with van der Waals surface area (Å²) in [4.78, 5) is 11.5. The van der Waals surface area contributed by atoms with Gasteiger partial charge in [-0.25, -0.2) is 0 Å². The molecule has 1 aromatic rings. The van der Waals surface area contributed by atoms with Crippen molar-refractivity contribution in [2.75, 3.05) is 11.2 Å². The molecule has 0 aliphatic carbocycles. The first-order chi connectivity index (χ1) is 7.27. The Morgan fingerprint density at radius 1 is 1.27 bits per heavy atom. The smallest absolute Gasteiger partial charge is 0.164 e. The number of alkyl halides is 2. The molecule has 15 heavy (non-hydrogen) atoms. The van der Waals surface area contributed by atoms with Crippen molar-refractivity contribution in [3.05, 3.63) is 35.4 Å². The molecule has 0 N–H and O–H groups in total. The minimum atomic E-state index is 0.122. The van der Waals surface area contributed by atoms with Crippen molar-refractivity contribution in [1.29, 1.82) is 0 Å². The summed E-state index contributed by atoms with van der Waals surface area (Å²) in [6, 6.07) is 7.81. The highest BCUT2D eigenvalue weighted by molar-refractivity contribution is 9.09. The van der Waals surface area contributed by atoms with Gasteiger partial charge in [-0.1, -0.05) is 40.2 Å². The second kappa shape index (κ2) is 7.02. The van der Waals surface area contributed by atoms with E-state index in [0.717, 1.165) is 23.7 Å². The molecule has 82 valence electrons. The minimum Gasteiger partial charge on any atom is -0.294 e. The van der Waals surface area contributed by atoms with E-state index in [2.05, 4.69) is 15.9 Å². The first kappa shape index (κ1) is 12.7. The lowest BCUT2D eigenvalue weighted by Gasteiger charge is -2.02. The van der Waals surface area contributed by atoms with Crippen LogP contribution in [0.15, 0.2) is 24.3 Å². The number of hydrogen-bond acceptors (Lipinski definition) is 1. The third kappa shape index (κ3) is 4.35. The fourth-order valence-corrected chi connectivity index (χ4v) is 1.81. The van der Waals surface area contributed by atoms with E-state index >= 15 is 0 Å². The molecule has 0 aliphatic heterocycles. The number of carbonyl (C=O) groups is 1. The summed E-state index contributed by atoms with van der Waals surface area (Å²) < 4.78 is 0. The number of ketones is 1. The summed E-state index contributed by atoms with van der Waals surface area (Å²) >= 11 is 8.92. The SMILES string of the molecule is O=C(CCCl)c1ccc(CCCBr)cc1. The fourth-order valence-electron chi connectivity index (χ4n) is 1.36. The van der Waals surface area contributed by atoms with Crippen molar-refractivity contribution in [2.24, 2.45) is 0 Å². The summed E-state index contributed by atoms with van der Waals surface area (Å²) in [5.74, 6) is 0.515. The number of rotatable bonds is 6. The van der Waals surface area contributed by atoms with E-state index < -0.39 is 0 Å². The first-order valence-electron chi connectivity index (χ1n) is 5.02.